The number of rotatable bonds is 8. The van der Waals surface area contributed by atoms with Crippen LogP contribution in [0.1, 0.15) is 33.0 Å². The monoisotopic (exact) mass is 392 g/mol. The molecule has 29 heavy (non-hydrogen) atoms. The van der Waals surface area contributed by atoms with Crippen LogP contribution in [0.15, 0.2) is 54.6 Å². The van der Waals surface area contributed by atoms with Gasteiger partial charge in [-0.2, -0.15) is 0 Å². The number of aromatic nitrogens is 2. The van der Waals surface area contributed by atoms with E-state index in [4.69, 9.17) is 4.98 Å². The van der Waals surface area contributed by atoms with Crippen LogP contribution >= 0.6 is 0 Å². The minimum absolute atomic E-state index is 0.0435. The fraction of sp³-hybridized carbons (Fsp3) is 0.348. The second-order valence-electron chi connectivity index (χ2n) is 7.32. The number of amides is 2. The summed E-state index contributed by atoms with van der Waals surface area (Å²) < 4.78 is 2.10. The van der Waals surface area contributed by atoms with Gasteiger partial charge in [0.25, 0.3) is 0 Å². The number of fused-ring (bicyclic) bond motifs is 1. The largest absolute Gasteiger partial charge is 0.352 e. The minimum Gasteiger partial charge on any atom is -0.352 e. The zero-order chi connectivity index (χ0) is 20.8. The van der Waals surface area contributed by atoms with Crippen molar-refractivity contribution in [1.82, 2.24) is 19.8 Å². The first-order valence-electron chi connectivity index (χ1n) is 10.1. The predicted octanol–water partition coefficient (Wildman–Crippen LogP) is 3.33. The lowest BCUT2D eigenvalue weighted by Crippen LogP contribution is -2.42. The number of aryl methyl sites for hydroxylation is 1. The number of carbonyl (C=O) groups excluding carboxylic acids is 2. The van der Waals surface area contributed by atoms with E-state index < -0.39 is 0 Å². The summed E-state index contributed by atoms with van der Waals surface area (Å²) in [6.45, 7) is 6.29. The number of benzene rings is 2. The molecule has 6 heteroatoms. The summed E-state index contributed by atoms with van der Waals surface area (Å²) in [4.78, 5) is 31.1. The lowest BCUT2D eigenvalue weighted by molar-refractivity contribution is -0.136. The highest BCUT2D eigenvalue weighted by Crippen LogP contribution is 2.22. The third kappa shape index (κ3) is 5.02. The standard InChI is InChI=1S/C23H28N4O2/c1-4-26(16-22(28)24-17(2)3)23(29)15-14-21-25-19-12-8-9-13-20(19)27(21)18-10-6-5-7-11-18/h5-13,17H,4,14-16H2,1-3H3,(H,24,28). The second-order valence-corrected chi connectivity index (χ2v) is 7.32. The van der Waals surface area contributed by atoms with E-state index in [0.717, 1.165) is 22.5 Å². The molecular formula is C23H28N4O2. The van der Waals surface area contributed by atoms with Gasteiger partial charge in [-0.05, 0) is 45.0 Å². The van der Waals surface area contributed by atoms with Gasteiger partial charge in [0.05, 0.1) is 17.6 Å². The molecule has 0 aliphatic heterocycles. The van der Waals surface area contributed by atoms with Crippen LogP contribution in [0.5, 0.6) is 0 Å². The van der Waals surface area contributed by atoms with E-state index in [1.807, 2.05) is 75.4 Å². The molecule has 2 aromatic carbocycles. The first kappa shape index (κ1) is 20.6. The average molecular weight is 393 g/mol. The Morgan fingerprint density at radius 1 is 1.07 bits per heavy atom. The molecule has 152 valence electrons. The van der Waals surface area contributed by atoms with Gasteiger partial charge in [0.1, 0.15) is 5.82 Å². The highest BCUT2D eigenvalue weighted by atomic mass is 16.2. The average Bonchev–Trinajstić information content (AvgIpc) is 3.08. The molecule has 3 rings (SSSR count). The maximum atomic E-state index is 12.7. The number of nitrogens with zero attached hydrogens (tertiary/aromatic N) is 3. The van der Waals surface area contributed by atoms with Crippen molar-refractivity contribution in [1.29, 1.82) is 0 Å². The van der Waals surface area contributed by atoms with E-state index in [1.165, 1.54) is 0 Å². The molecule has 0 spiro atoms. The van der Waals surface area contributed by atoms with Gasteiger partial charge in [-0.3, -0.25) is 14.2 Å². The highest BCUT2D eigenvalue weighted by Gasteiger charge is 2.18. The number of hydrogen-bond acceptors (Lipinski definition) is 3. The van der Waals surface area contributed by atoms with Crippen LogP contribution in [0.4, 0.5) is 0 Å². The summed E-state index contributed by atoms with van der Waals surface area (Å²) in [6, 6.07) is 18.1. The molecule has 0 saturated heterocycles. The van der Waals surface area contributed by atoms with Gasteiger partial charge >= 0.3 is 0 Å². The van der Waals surface area contributed by atoms with E-state index in [9.17, 15) is 9.59 Å². The van der Waals surface area contributed by atoms with E-state index >= 15 is 0 Å². The molecule has 0 aliphatic carbocycles. The van der Waals surface area contributed by atoms with Crippen molar-refractivity contribution < 1.29 is 9.59 Å². The van der Waals surface area contributed by atoms with Crippen LogP contribution in [-0.2, 0) is 16.0 Å². The Labute approximate surface area is 171 Å². The topological polar surface area (TPSA) is 67.2 Å². The molecule has 0 aliphatic rings. The summed E-state index contributed by atoms with van der Waals surface area (Å²) in [5.74, 6) is 0.665. The Balaban J connectivity index is 1.78. The van der Waals surface area contributed by atoms with Crippen molar-refractivity contribution in [2.45, 2.75) is 39.7 Å². The molecule has 0 fully saturated rings. The molecule has 3 aromatic rings. The number of hydrogen-bond donors (Lipinski definition) is 1. The molecule has 0 atom stereocenters. The third-order valence-corrected chi connectivity index (χ3v) is 4.73. The Kier molecular flexibility index (Phi) is 6.65. The van der Waals surface area contributed by atoms with Crippen LogP contribution in [0.2, 0.25) is 0 Å². The molecule has 0 bridgehead atoms. The molecule has 1 heterocycles. The molecule has 2 amide bonds. The molecule has 6 nitrogen and oxygen atoms in total. The smallest absolute Gasteiger partial charge is 0.239 e. The summed E-state index contributed by atoms with van der Waals surface area (Å²) in [7, 11) is 0. The number of para-hydroxylation sites is 3. The van der Waals surface area contributed by atoms with Crippen molar-refractivity contribution in [2.75, 3.05) is 13.1 Å². The van der Waals surface area contributed by atoms with Gasteiger partial charge in [0.15, 0.2) is 0 Å². The van der Waals surface area contributed by atoms with Crippen LogP contribution in [0.25, 0.3) is 16.7 Å². The maximum Gasteiger partial charge on any atom is 0.239 e. The normalized spacial score (nSPS) is 11.0. The van der Waals surface area contributed by atoms with Crippen molar-refractivity contribution in [2.24, 2.45) is 0 Å². The van der Waals surface area contributed by atoms with Gasteiger partial charge < -0.3 is 10.2 Å². The quantitative estimate of drug-likeness (QED) is 0.639. The Morgan fingerprint density at radius 3 is 2.45 bits per heavy atom. The number of imidazole rings is 1. The molecule has 0 radical (unpaired) electrons. The highest BCUT2D eigenvalue weighted by molar-refractivity contribution is 5.85. The Hall–Kier alpha value is -3.15. The van der Waals surface area contributed by atoms with Crippen molar-refractivity contribution in [3.63, 3.8) is 0 Å². The van der Waals surface area contributed by atoms with E-state index in [0.29, 0.717) is 19.4 Å². The van der Waals surface area contributed by atoms with Gasteiger partial charge in [-0.1, -0.05) is 30.3 Å². The fourth-order valence-corrected chi connectivity index (χ4v) is 3.40. The number of likely N-dealkylation sites (N-methyl/N-ethyl adjacent to an activating group) is 1. The fourth-order valence-electron chi connectivity index (χ4n) is 3.40. The summed E-state index contributed by atoms with van der Waals surface area (Å²) >= 11 is 0. The van der Waals surface area contributed by atoms with Crippen LogP contribution < -0.4 is 5.32 Å². The number of carbonyl (C=O) groups is 2. The molecule has 1 aromatic heterocycles. The van der Waals surface area contributed by atoms with Gasteiger partial charge in [-0.25, -0.2) is 4.98 Å². The lowest BCUT2D eigenvalue weighted by Gasteiger charge is -2.21. The SMILES string of the molecule is CCN(CC(=O)NC(C)C)C(=O)CCc1nc2ccccc2n1-c1ccccc1. The summed E-state index contributed by atoms with van der Waals surface area (Å²) in [5, 5.41) is 2.84. The van der Waals surface area contributed by atoms with Gasteiger partial charge in [-0.15, -0.1) is 0 Å². The van der Waals surface area contributed by atoms with Gasteiger partial charge in [0, 0.05) is 31.1 Å². The Morgan fingerprint density at radius 2 is 1.76 bits per heavy atom. The van der Waals surface area contributed by atoms with E-state index in [1.54, 1.807) is 4.90 Å². The minimum atomic E-state index is -0.133. The number of nitrogens with one attached hydrogen (secondary N) is 1. The zero-order valence-electron chi connectivity index (χ0n) is 17.3. The van der Waals surface area contributed by atoms with E-state index in [2.05, 4.69) is 9.88 Å². The molecule has 0 saturated carbocycles. The summed E-state index contributed by atoms with van der Waals surface area (Å²) in [5.41, 5.74) is 2.94. The third-order valence-electron chi connectivity index (χ3n) is 4.73. The zero-order valence-corrected chi connectivity index (χ0v) is 17.3. The first-order valence-corrected chi connectivity index (χ1v) is 10.1. The van der Waals surface area contributed by atoms with Crippen LogP contribution in [0, 0.1) is 0 Å². The molecule has 1 N–H and O–H groups in total. The molecular weight excluding hydrogens is 364 g/mol. The van der Waals surface area contributed by atoms with Crippen molar-refractivity contribution in [3.05, 3.63) is 60.4 Å². The van der Waals surface area contributed by atoms with Crippen LogP contribution in [0.3, 0.4) is 0 Å². The maximum absolute atomic E-state index is 12.7. The molecule has 0 unspecified atom stereocenters. The predicted molar refractivity (Wildman–Crippen MR) is 115 cm³/mol. The lowest BCUT2D eigenvalue weighted by atomic mass is 10.2. The second kappa shape index (κ2) is 9.37. The van der Waals surface area contributed by atoms with Crippen LogP contribution in [-0.4, -0.2) is 45.4 Å². The first-order chi connectivity index (χ1) is 14.0. The summed E-state index contributed by atoms with van der Waals surface area (Å²) in [6.07, 6.45) is 0.809. The van der Waals surface area contributed by atoms with Gasteiger partial charge in [0.2, 0.25) is 11.8 Å². The van der Waals surface area contributed by atoms with E-state index in [-0.39, 0.29) is 24.4 Å². The van der Waals surface area contributed by atoms with Crippen molar-refractivity contribution in [3.8, 4) is 5.69 Å². The Bertz CT molecular complexity index is 979. The van der Waals surface area contributed by atoms with Crippen molar-refractivity contribution >= 4 is 22.8 Å².